The van der Waals surface area contributed by atoms with Crippen molar-refractivity contribution in [3.63, 3.8) is 0 Å². The Morgan fingerprint density at radius 3 is 3.05 bits per heavy atom. The first-order valence-electron chi connectivity index (χ1n) is 6.30. The Morgan fingerprint density at radius 2 is 2.20 bits per heavy atom. The molecule has 3 aromatic rings. The molecule has 0 amide bonds. The number of benzene rings is 1. The molecule has 0 fully saturated rings. The lowest BCUT2D eigenvalue weighted by Gasteiger charge is -2.01. The monoisotopic (exact) mass is 289 g/mol. The largest absolute Gasteiger partial charge is 0.461 e. The summed E-state index contributed by atoms with van der Waals surface area (Å²) in [5.41, 5.74) is 2.07. The van der Waals surface area contributed by atoms with Crippen LogP contribution in [-0.2, 0) is 17.9 Å². The summed E-state index contributed by atoms with van der Waals surface area (Å²) in [7, 11) is 1.63. The van der Waals surface area contributed by atoms with E-state index < -0.39 is 0 Å². The highest BCUT2D eigenvalue weighted by Crippen LogP contribution is 2.26. The highest BCUT2D eigenvalue weighted by Gasteiger charge is 2.11. The molecule has 104 valence electrons. The van der Waals surface area contributed by atoms with Gasteiger partial charge in [0.15, 0.2) is 5.82 Å². The predicted molar refractivity (Wildman–Crippen MR) is 78.9 cm³/mol. The highest BCUT2D eigenvalue weighted by molar-refractivity contribution is 7.09. The lowest BCUT2D eigenvalue weighted by molar-refractivity contribution is 0.179. The molecule has 3 rings (SSSR count). The number of hydrogen-bond donors (Lipinski definition) is 1. The Balaban J connectivity index is 1.77. The SMILES string of the molecule is COCc1nsc(NCc2c(C)oc3ccccc23)n1. The van der Waals surface area contributed by atoms with E-state index >= 15 is 0 Å². The Bertz CT molecular complexity index is 720. The fourth-order valence-electron chi connectivity index (χ4n) is 2.12. The quantitative estimate of drug-likeness (QED) is 0.780. The Kier molecular flexibility index (Phi) is 3.66. The second-order valence-corrected chi connectivity index (χ2v) is 5.19. The minimum absolute atomic E-state index is 0.436. The molecule has 0 radical (unpaired) electrons. The van der Waals surface area contributed by atoms with Crippen LogP contribution in [0.5, 0.6) is 0 Å². The van der Waals surface area contributed by atoms with E-state index in [1.807, 2.05) is 25.1 Å². The maximum absolute atomic E-state index is 5.74. The number of ether oxygens (including phenoxy) is 1. The predicted octanol–water partition coefficient (Wildman–Crippen LogP) is 3.35. The zero-order valence-corrected chi connectivity index (χ0v) is 12.2. The molecular weight excluding hydrogens is 274 g/mol. The van der Waals surface area contributed by atoms with Gasteiger partial charge in [-0.05, 0) is 13.0 Å². The van der Waals surface area contributed by atoms with E-state index in [-0.39, 0.29) is 0 Å². The molecule has 0 aliphatic carbocycles. The van der Waals surface area contributed by atoms with E-state index in [2.05, 4.69) is 20.7 Å². The van der Waals surface area contributed by atoms with Gasteiger partial charge in [-0.3, -0.25) is 0 Å². The van der Waals surface area contributed by atoms with E-state index in [1.165, 1.54) is 11.5 Å². The smallest absolute Gasteiger partial charge is 0.202 e. The van der Waals surface area contributed by atoms with Gasteiger partial charge in [-0.1, -0.05) is 18.2 Å². The summed E-state index contributed by atoms with van der Waals surface area (Å²) in [6.45, 7) is 3.09. The van der Waals surface area contributed by atoms with Gasteiger partial charge in [0.1, 0.15) is 18.0 Å². The molecule has 1 aromatic carbocycles. The average Bonchev–Trinajstić information content (AvgIpc) is 3.01. The summed E-state index contributed by atoms with van der Waals surface area (Å²) < 4.78 is 15.0. The van der Waals surface area contributed by atoms with E-state index in [0.29, 0.717) is 19.0 Å². The topological polar surface area (TPSA) is 60.2 Å². The molecule has 0 spiro atoms. The van der Waals surface area contributed by atoms with Gasteiger partial charge in [0.2, 0.25) is 5.13 Å². The summed E-state index contributed by atoms with van der Waals surface area (Å²) in [6.07, 6.45) is 0. The number of methoxy groups -OCH3 is 1. The molecule has 20 heavy (non-hydrogen) atoms. The van der Waals surface area contributed by atoms with E-state index in [0.717, 1.165) is 27.4 Å². The number of fused-ring (bicyclic) bond motifs is 1. The number of nitrogens with zero attached hydrogens (tertiary/aromatic N) is 2. The van der Waals surface area contributed by atoms with Crippen molar-refractivity contribution in [2.24, 2.45) is 0 Å². The zero-order chi connectivity index (χ0) is 13.9. The molecule has 1 N–H and O–H groups in total. The van der Waals surface area contributed by atoms with Crippen molar-refractivity contribution in [2.45, 2.75) is 20.1 Å². The van der Waals surface area contributed by atoms with Crippen LogP contribution >= 0.6 is 11.5 Å². The van der Waals surface area contributed by atoms with E-state index in [1.54, 1.807) is 7.11 Å². The fraction of sp³-hybridized carbons (Fsp3) is 0.286. The van der Waals surface area contributed by atoms with Crippen molar-refractivity contribution < 1.29 is 9.15 Å². The number of furan rings is 1. The molecular formula is C14H15N3O2S. The second-order valence-electron chi connectivity index (χ2n) is 4.44. The number of para-hydroxylation sites is 1. The van der Waals surface area contributed by atoms with Gasteiger partial charge in [0.25, 0.3) is 0 Å². The van der Waals surface area contributed by atoms with Gasteiger partial charge in [-0.2, -0.15) is 4.37 Å². The lowest BCUT2D eigenvalue weighted by atomic mass is 10.1. The number of nitrogens with one attached hydrogen (secondary N) is 1. The first kappa shape index (κ1) is 13.1. The first-order chi connectivity index (χ1) is 9.78. The number of rotatable bonds is 5. The van der Waals surface area contributed by atoms with Gasteiger partial charge in [-0.25, -0.2) is 4.98 Å². The lowest BCUT2D eigenvalue weighted by Crippen LogP contribution is -2.00. The van der Waals surface area contributed by atoms with Crippen molar-refractivity contribution in [1.29, 1.82) is 0 Å². The molecule has 5 nitrogen and oxygen atoms in total. The third-order valence-electron chi connectivity index (χ3n) is 3.06. The molecule has 0 aliphatic heterocycles. The van der Waals surface area contributed by atoms with Crippen LogP contribution in [0.15, 0.2) is 28.7 Å². The zero-order valence-electron chi connectivity index (χ0n) is 11.3. The standard InChI is InChI=1S/C14H15N3O2S/c1-9-11(10-5-3-4-6-12(10)19-9)7-15-14-16-13(8-18-2)17-20-14/h3-6H,7-8H2,1-2H3,(H,15,16,17). The fourth-order valence-corrected chi connectivity index (χ4v) is 2.69. The second kappa shape index (κ2) is 5.60. The summed E-state index contributed by atoms with van der Waals surface area (Å²) in [5, 5.41) is 5.22. The Morgan fingerprint density at radius 1 is 1.35 bits per heavy atom. The molecule has 2 aromatic heterocycles. The van der Waals surface area contributed by atoms with Crippen LogP contribution in [0, 0.1) is 6.92 Å². The van der Waals surface area contributed by atoms with Gasteiger partial charge >= 0.3 is 0 Å². The van der Waals surface area contributed by atoms with Gasteiger partial charge in [-0.15, -0.1) is 0 Å². The Labute approximate surface area is 120 Å². The summed E-state index contributed by atoms with van der Waals surface area (Å²) in [4.78, 5) is 4.35. The van der Waals surface area contributed by atoms with Crippen molar-refractivity contribution in [3.8, 4) is 0 Å². The van der Waals surface area contributed by atoms with E-state index in [9.17, 15) is 0 Å². The van der Waals surface area contributed by atoms with Gasteiger partial charge in [0.05, 0.1) is 0 Å². The van der Waals surface area contributed by atoms with Crippen molar-refractivity contribution >= 4 is 27.6 Å². The minimum atomic E-state index is 0.436. The molecule has 0 saturated heterocycles. The van der Waals surface area contributed by atoms with Crippen LogP contribution in [0.25, 0.3) is 11.0 Å². The third-order valence-corrected chi connectivity index (χ3v) is 3.77. The van der Waals surface area contributed by atoms with Gasteiger partial charge in [0, 0.05) is 36.1 Å². The van der Waals surface area contributed by atoms with Crippen molar-refractivity contribution in [3.05, 3.63) is 41.4 Å². The normalized spacial score (nSPS) is 11.1. The van der Waals surface area contributed by atoms with Gasteiger partial charge < -0.3 is 14.5 Å². The first-order valence-corrected chi connectivity index (χ1v) is 7.07. The highest BCUT2D eigenvalue weighted by atomic mass is 32.1. The number of aryl methyl sites for hydroxylation is 1. The third kappa shape index (κ3) is 2.52. The van der Waals surface area contributed by atoms with E-state index in [4.69, 9.17) is 9.15 Å². The molecule has 0 unspecified atom stereocenters. The molecule has 0 atom stereocenters. The van der Waals surface area contributed by atoms with Crippen LogP contribution in [0.1, 0.15) is 17.1 Å². The van der Waals surface area contributed by atoms with Crippen LogP contribution in [0.2, 0.25) is 0 Å². The van der Waals surface area contributed by atoms with Crippen LogP contribution in [-0.4, -0.2) is 16.5 Å². The molecule has 6 heteroatoms. The molecule has 2 heterocycles. The molecule has 0 bridgehead atoms. The summed E-state index contributed by atoms with van der Waals surface area (Å²) in [6, 6.07) is 8.04. The number of aromatic nitrogens is 2. The number of hydrogen-bond acceptors (Lipinski definition) is 6. The summed E-state index contributed by atoms with van der Waals surface area (Å²) >= 11 is 1.34. The Hall–Kier alpha value is -1.92. The summed E-state index contributed by atoms with van der Waals surface area (Å²) in [5.74, 6) is 1.63. The van der Waals surface area contributed by atoms with Crippen LogP contribution in [0.4, 0.5) is 5.13 Å². The number of anilines is 1. The van der Waals surface area contributed by atoms with Crippen molar-refractivity contribution in [1.82, 2.24) is 9.36 Å². The molecule has 0 saturated carbocycles. The minimum Gasteiger partial charge on any atom is -0.461 e. The van der Waals surface area contributed by atoms with Crippen LogP contribution in [0.3, 0.4) is 0 Å². The van der Waals surface area contributed by atoms with Crippen LogP contribution < -0.4 is 5.32 Å². The maximum Gasteiger partial charge on any atom is 0.202 e. The average molecular weight is 289 g/mol. The van der Waals surface area contributed by atoms with Crippen molar-refractivity contribution in [2.75, 3.05) is 12.4 Å². The molecule has 0 aliphatic rings. The maximum atomic E-state index is 5.74.